The zero-order valence-electron chi connectivity index (χ0n) is 20.6. The molecule has 6 nitrogen and oxygen atoms in total. The SMILES string of the molecule is CCCCCNC(=O)Nc1c(OCCCn2cnc(-c3ccccc3)c2C)ccc2ccccc12. The van der Waals surface area contributed by atoms with Crippen molar-refractivity contribution in [3.8, 4) is 17.0 Å². The van der Waals surface area contributed by atoms with Crippen LogP contribution in [0.2, 0.25) is 0 Å². The predicted molar refractivity (Wildman–Crippen MR) is 143 cm³/mol. The van der Waals surface area contributed by atoms with Gasteiger partial charge >= 0.3 is 6.03 Å². The first-order chi connectivity index (χ1) is 17.2. The van der Waals surface area contributed by atoms with Crippen LogP contribution >= 0.6 is 0 Å². The molecule has 2 N–H and O–H groups in total. The molecule has 0 atom stereocenters. The fourth-order valence-electron chi connectivity index (χ4n) is 4.20. The largest absolute Gasteiger partial charge is 0.491 e. The number of aromatic nitrogens is 2. The summed E-state index contributed by atoms with van der Waals surface area (Å²) in [5, 5.41) is 8.01. The van der Waals surface area contributed by atoms with Crippen LogP contribution in [0, 0.1) is 6.92 Å². The summed E-state index contributed by atoms with van der Waals surface area (Å²) in [7, 11) is 0. The van der Waals surface area contributed by atoms with Crippen LogP contribution in [0.25, 0.3) is 22.0 Å². The zero-order chi connectivity index (χ0) is 24.5. The Kier molecular flexibility index (Phi) is 8.39. The topological polar surface area (TPSA) is 68.2 Å². The summed E-state index contributed by atoms with van der Waals surface area (Å²) in [6.07, 6.45) is 5.91. The molecular formula is C29H34N4O2. The van der Waals surface area contributed by atoms with Crippen LogP contribution in [0.3, 0.4) is 0 Å². The van der Waals surface area contributed by atoms with Gasteiger partial charge in [-0.25, -0.2) is 9.78 Å². The molecule has 0 saturated carbocycles. The van der Waals surface area contributed by atoms with E-state index in [0.717, 1.165) is 60.0 Å². The van der Waals surface area contributed by atoms with E-state index in [-0.39, 0.29) is 6.03 Å². The standard InChI is InChI=1S/C29H34N4O2/c1-3-4-10-18-30-29(34)32-28-25-15-9-8-12-23(25)16-17-26(28)35-20-11-19-33-21-31-27(22(33)2)24-13-6-5-7-14-24/h5-9,12-17,21H,3-4,10-11,18-20H2,1-2H3,(H2,30,32,34). The Labute approximate surface area is 207 Å². The molecule has 0 spiro atoms. The number of hydrogen-bond donors (Lipinski definition) is 2. The zero-order valence-corrected chi connectivity index (χ0v) is 20.6. The fraction of sp³-hybridized carbons (Fsp3) is 0.310. The maximum atomic E-state index is 12.6. The molecule has 35 heavy (non-hydrogen) atoms. The van der Waals surface area contributed by atoms with Crippen molar-refractivity contribution in [2.75, 3.05) is 18.5 Å². The van der Waals surface area contributed by atoms with Gasteiger partial charge in [0, 0.05) is 29.7 Å². The number of hydrogen-bond acceptors (Lipinski definition) is 3. The van der Waals surface area contributed by atoms with Gasteiger partial charge in [0.25, 0.3) is 0 Å². The van der Waals surface area contributed by atoms with Gasteiger partial charge in [0.2, 0.25) is 0 Å². The lowest BCUT2D eigenvalue weighted by molar-refractivity contribution is 0.251. The van der Waals surface area contributed by atoms with Crippen LogP contribution in [-0.4, -0.2) is 28.7 Å². The molecule has 1 aromatic heterocycles. The minimum absolute atomic E-state index is 0.204. The van der Waals surface area contributed by atoms with Crippen molar-refractivity contribution < 1.29 is 9.53 Å². The average Bonchev–Trinajstić information content (AvgIpc) is 3.26. The second kappa shape index (κ2) is 12.1. The van der Waals surface area contributed by atoms with Crippen LogP contribution in [0.15, 0.2) is 73.1 Å². The van der Waals surface area contributed by atoms with Gasteiger partial charge in [-0.3, -0.25) is 0 Å². The summed E-state index contributed by atoms with van der Waals surface area (Å²) >= 11 is 0. The van der Waals surface area contributed by atoms with Crippen molar-refractivity contribution in [3.05, 3.63) is 78.8 Å². The number of carbonyl (C=O) groups excluding carboxylic acids is 1. The molecule has 0 aliphatic rings. The second-order valence-electron chi connectivity index (χ2n) is 8.69. The number of nitrogens with one attached hydrogen (secondary N) is 2. The number of amides is 2. The van der Waals surface area contributed by atoms with Crippen LogP contribution in [0.4, 0.5) is 10.5 Å². The van der Waals surface area contributed by atoms with Gasteiger partial charge in [-0.15, -0.1) is 0 Å². The number of unbranched alkanes of at least 4 members (excludes halogenated alkanes) is 2. The lowest BCUT2D eigenvalue weighted by atomic mass is 10.1. The monoisotopic (exact) mass is 470 g/mol. The Balaban J connectivity index is 1.40. The van der Waals surface area contributed by atoms with E-state index < -0.39 is 0 Å². The normalized spacial score (nSPS) is 10.9. The third-order valence-electron chi connectivity index (χ3n) is 6.14. The van der Waals surface area contributed by atoms with Crippen LogP contribution in [-0.2, 0) is 6.54 Å². The molecule has 0 fully saturated rings. The maximum absolute atomic E-state index is 12.6. The van der Waals surface area contributed by atoms with Crippen molar-refractivity contribution >= 4 is 22.5 Å². The number of imidazole rings is 1. The van der Waals surface area contributed by atoms with Crippen molar-refractivity contribution in [3.63, 3.8) is 0 Å². The molecule has 4 aromatic rings. The van der Waals surface area contributed by atoms with Gasteiger partial charge in [-0.1, -0.05) is 80.4 Å². The van der Waals surface area contributed by atoms with Crippen molar-refractivity contribution in [2.24, 2.45) is 0 Å². The van der Waals surface area contributed by atoms with Gasteiger partial charge in [0.1, 0.15) is 5.75 Å². The third-order valence-corrected chi connectivity index (χ3v) is 6.14. The summed E-state index contributed by atoms with van der Waals surface area (Å²) in [5.41, 5.74) is 3.99. The third kappa shape index (κ3) is 6.21. The van der Waals surface area contributed by atoms with E-state index >= 15 is 0 Å². The fourth-order valence-corrected chi connectivity index (χ4v) is 4.20. The molecular weight excluding hydrogens is 436 g/mol. The molecule has 182 valence electrons. The summed E-state index contributed by atoms with van der Waals surface area (Å²) in [6, 6.07) is 22.0. The Morgan fingerprint density at radius 1 is 0.971 bits per heavy atom. The highest BCUT2D eigenvalue weighted by atomic mass is 16.5. The van der Waals surface area contributed by atoms with Crippen molar-refractivity contribution in [2.45, 2.75) is 46.1 Å². The number of fused-ring (bicyclic) bond motifs is 1. The molecule has 2 amide bonds. The molecule has 3 aromatic carbocycles. The quantitative estimate of drug-likeness (QED) is 0.237. The first kappa shape index (κ1) is 24.3. The highest BCUT2D eigenvalue weighted by Gasteiger charge is 2.13. The van der Waals surface area contributed by atoms with Crippen LogP contribution in [0.1, 0.15) is 38.3 Å². The second-order valence-corrected chi connectivity index (χ2v) is 8.69. The average molecular weight is 471 g/mol. The van der Waals surface area contributed by atoms with E-state index in [4.69, 9.17) is 4.74 Å². The summed E-state index contributed by atoms with van der Waals surface area (Å²) in [5.74, 6) is 0.680. The molecule has 6 heteroatoms. The summed E-state index contributed by atoms with van der Waals surface area (Å²) in [6.45, 7) is 6.25. The van der Waals surface area contributed by atoms with Crippen molar-refractivity contribution in [1.29, 1.82) is 0 Å². The Hall–Kier alpha value is -3.80. The minimum atomic E-state index is -0.204. The number of anilines is 1. The molecule has 0 saturated heterocycles. The number of benzene rings is 3. The number of ether oxygens (including phenoxy) is 1. The first-order valence-corrected chi connectivity index (χ1v) is 12.4. The van der Waals surface area contributed by atoms with Crippen molar-refractivity contribution in [1.82, 2.24) is 14.9 Å². The molecule has 0 unspecified atom stereocenters. The summed E-state index contributed by atoms with van der Waals surface area (Å²) in [4.78, 5) is 17.2. The Bertz CT molecular complexity index is 1250. The first-order valence-electron chi connectivity index (χ1n) is 12.4. The van der Waals surface area contributed by atoms with Gasteiger partial charge in [-0.05, 0) is 31.2 Å². The number of rotatable bonds is 11. The van der Waals surface area contributed by atoms with Gasteiger partial charge in [0.15, 0.2) is 0 Å². The molecule has 1 heterocycles. The van der Waals surface area contributed by atoms with Crippen LogP contribution < -0.4 is 15.4 Å². The van der Waals surface area contributed by atoms with E-state index in [2.05, 4.69) is 46.2 Å². The Morgan fingerprint density at radius 2 is 1.77 bits per heavy atom. The van der Waals surface area contributed by atoms with Gasteiger partial charge in [0.05, 0.1) is 24.3 Å². The lowest BCUT2D eigenvalue weighted by Gasteiger charge is -2.16. The van der Waals surface area contributed by atoms with E-state index in [9.17, 15) is 4.79 Å². The van der Waals surface area contributed by atoms with Gasteiger partial charge in [-0.2, -0.15) is 0 Å². The van der Waals surface area contributed by atoms with E-state index in [1.165, 1.54) is 0 Å². The molecule has 0 bridgehead atoms. The smallest absolute Gasteiger partial charge is 0.319 e. The molecule has 0 aliphatic heterocycles. The van der Waals surface area contributed by atoms with Gasteiger partial charge < -0.3 is 19.9 Å². The molecule has 0 radical (unpaired) electrons. The number of carbonyl (C=O) groups is 1. The van der Waals surface area contributed by atoms with E-state index in [1.54, 1.807) is 0 Å². The molecule has 4 rings (SSSR count). The number of urea groups is 1. The number of aryl methyl sites for hydroxylation is 1. The highest BCUT2D eigenvalue weighted by molar-refractivity contribution is 6.04. The Morgan fingerprint density at radius 3 is 2.60 bits per heavy atom. The minimum Gasteiger partial charge on any atom is -0.491 e. The predicted octanol–water partition coefficient (Wildman–Crippen LogP) is 6.79. The van der Waals surface area contributed by atoms with E-state index in [0.29, 0.717) is 24.6 Å². The summed E-state index contributed by atoms with van der Waals surface area (Å²) < 4.78 is 8.33. The molecule has 0 aliphatic carbocycles. The number of nitrogens with zero attached hydrogens (tertiary/aromatic N) is 2. The van der Waals surface area contributed by atoms with Crippen LogP contribution in [0.5, 0.6) is 5.75 Å². The van der Waals surface area contributed by atoms with E-state index in [1.807, 2.05) is 60.9 Å². The maximum Gasteiger partial charge on any atom is 0.319 e. The lowest BCUT2D eigenvalue weighted by Crippen LogP contribution is -2.29. The highest BCUT2D eigenvalue weighted by Crippen LogP contribution is 2.33.